The molecule has 0 saturated carbocycles. The van der Waals surface area contributed by atoms with Gasteiger partial charge in [0.25, 0.3) is 0 Å². The van der Waals surface area contributed by atoms with E-state index in [9.17, 15) is 0 Å². The Morgan fingerprint density at radius 1 is 1.70 bits per heavy atom. The van der Waals surface area contributed by atoms with Crippen LogP contribution in [0.2, 0.25) is 0 Å². The molecule has 0 fully saturated rings. The van der Waals surface area contributed by atoms with Crippen LogP contribution in [0.25, 0.3) is 0 Å². The minimum Gasteiger partial charge on any atom is -0.349 e. The lowest BCUT2D eigenvalue weighted by atomic mass is 10.3. The van der Waals surface area contributed by atoms with E-state index in [2.05, 4.69) is 4.98 Å². The van der Waals surface area contributed by atoms with Gasteiger partial charge in [-0.2, -0.15) is 5.26 Å². The van der Waals surface area contributed by atoms with E-state index >= 15 is 0 Å². The van der Waals surface area contributed by atoms with Crippen molar-refractivity contribution in [1.29, 1.82) is 5.26 Å². The number of aromatic amines is 1. The molecule has 3 heteroatoms. The second-order valence-corrected chi connectivity index (χ2v) is 2.23. The average molecular weight is 135 g/mol. The number of hydrogen-bond acceptors (Lipinski definition) is 2. The van der Waals surface area contributed by atoms with E-state index in [1.807, 2.05) is 19.1 Å². The quantitative estimate of drug-likeness (QED) is 0.601. The summed E-state index contributed by atoms with van der Waals surface area (Å²) in [4.78, 5) is 2.88. The summed E-state index contributed by atoms with van der Waals surface area (Å²) in [6.45, 7) is 1.87. The molecule has 1 atom stereocenters. The third-order valence-electron chi connectivity index (χ3n) is 1.32. The van der Waals surface area contributed by atoms with Crippen molar-refractivity contribution in [3.63, 3.8) is 0 Å². The Morgan fingerprint density at radius 3 is 2.70 bits per heavy atom. The average Bonchev–Trinajstić information content (AvgIpc) is 2.34. The lowest BCUT2D eigenvalue weighted by Crippen LogP contribution is -2.04. The van der Waals surface area contributed by atoms with E-state index in [4.69, 9.17) is 11.0 Å². The predicted molar refractivity (Wildman–Crippen MR) is 38.1 cm³/mol. The molecule has 0 aromatic carbocycles. The van der Waals surface area contributed by atoms with Gasteiger partial charge in [0.05, 0.1) is 0 Å². The zero-order valence-corrected chi connectivity index (χ0v) is 5.76. The van der Waals surface area contributed by atoms with Gasteiger partial charge in [-0.1, -0.05) is 0 Å². The Balaban J connectivity index is 2.91. The molecule has 3 N–H and O–H groups in total. The first-order chi connectivity index (χ1) is 4.74. The number of nitrogens with zero attached hydrogens (tertiary/aromatic N) is 1. The van der Waals surface area contributed by atoms with E-state index in [1.165, 1.54) is 0 Å². The smallest absolute Gasteiger partial charge is 0.117 e. The molecule has 0 bridgehead atoms. The zero-order valence-electron chi connectivity index (χ0n) is 5.76. The van der Waals surface area contributed by atoms with Gasteiger partial charge >= 0.3 is 0 Å². The molecule has 0 aliphatic heterocycles. The standard InChI is InChI=1S/C7H9N3/c1-5(9)7-3-2-6(4-8)10-7/h2-3,5,10H,9H2,1H3. The van der Waals surface area contributed by atoms with Crippen molar-refractivity contribution in [2.75, 3.05) is 0 Å². The highest BCUT2D eigenvalue weighted by atomic mass is 14.8. The molecular weight excluding hydrogens is 126 g/mol. The normalized spacial score (nSPS) is 12.5. The van der Waals surface area contributed by atoms with Gasteiger partial charge in [0.2, 0.25) is 0 Å². The molecule has 1 heterocycles. The van der Waals surface area contributed by atoms with Crippen molar-refractivity contribution < 1.29 is 0 Å². The molecule has 1 unspecified atom stereocenters. The highest BCUT2D eigenvalue weighted by Crippen LogP contribution is 2.07. The lowest BCUT2D eigenvalue weighted by Gasteiger charge is -1.98. The van der Waals surface area contributed by atoms with Crippen LogP contribution in [-0.4, -0.2) is 4.98 Å². The molecule has 1 aromatic heterocycles. The summed E-state index contributed by atoms with van der Waals surface area (Å²) in [7, 11) is 0. The lowest BCUT2D eigenvalue weighted by molar-refractivity contribution is 0.788. The number of rotatable bonds is 1. The largest absolute Gasteiger partial charge is 0.349 e. The highest BCUT2D eigenvalue weighted by Gasteiger charge is 2.00. The number of aromatic nitrogens is 1. The maximum Gasteiger partial charge on any atom is 0.117 e. The van der Waals surface area contributed by atoms with Crippen LogP contribution in [0.5, 0.6) is 0 Å². The molecule has 0 radical (unpaired) electrons. The fraction of sp³-hybridized carbons (Fsp3) is 0.286. The molecular formula is C7H9N3. The minimum absolute atomic E-state index is 0.0258. The third kappa shape index (κ3) is 1.17. The van der Waals surface area contributed by atoms with Gasteiger partial charge in [-0.25, -0.2) is 0 Å². The third-order valence-corrected chi connectivity index (χ3v) is 1.32. The molecule has 52 valence electrons. The van der Waals surface area contributed by atoms with E-state index < -0.39 is 0 Å². The molecule has 0 amide bonds. The van der Waals surface area contributed by atoms with E-state index in [-0.39, 0.29) is 6.04 Å². The van der Waals surface area contributed by atoms with Gasteiger partial charge < -0.3 is 10.7 Å². The van der Waals surface area contributed by atoms with Gasteiger partial charge in [-0.15, -0.1) is 0 Å². The van der Waals surface area contributed by atoms with Gasteiger partial charge in [0.15, 0.2) is 0 Å². The number of nitrogens with one attached hydrogen (secondary N) is 1. The van der Waals surface area contributed by atoms with Crippen LogP contribution in [-0.2, 0) is 0 Å². The van der Waals surface area contributed by atoms with Crippen molar-refractivity contribution >= 4 is 0 Å². The van der Waals surface area contributed by atoms with Crippen molar-refractivity contribution in [2.24, 2.45) is 5.73 Å². The maximum absolute atomic E-state index is 8.41. The van der Waals surface area contributed by atoms with E-state index in [0.717, 1.165) is 5.69 Å². The van der Waals surface area contributed by atoms with Crippen molar-refractivity contribution in [3.8, 4) is 6.07 Å². The van der Waals surface area contributed by atoms with Crippen LogP contribution in [0, 0.1) is 11.3 Å². The van der Waals surface area contributed by atoms with E-state index in [0.29, 0.717) is 5.69 Å². The van der Waals surface area contributed by atoms with Crippen LogP contribution in [0.3, 0.4) is 0 Å². The Labute approximate surface area is 59.5 Å². The minimum atomic E-state index is -0.0258. The van der Waals surface area contributed by atoms with Crippen molar-refractivity contribution in [2.45, 2.75) is 13.0 Å². The molecule has 1 aromatic rings. The summed E-state index contributed by atoms with van der Waals surface area (Å²) >= 11 is 0. The van der Waals surface area contributed by atoms with Gasteiger partial charge in [-0.05, 0) is 19.1 Å². The second kappa shape index (κ2) is 2.54. The predicted octanol–water partition coefficient (Wildman–Crippen LogP) is 0.906. The SMILES string of the molecule is CC(N)c1ccc(C#N)[nH]1. The first kappa shape index (κ1) is 6.84. The number of nitriles is 1. The van der Waals surface area contributed by atoms with Crippen LogP contribution in [0.4, 0.5) is 0 Å². The van der Waals surface area contributed by atoms with E-state index in [1.54, 1.807) is 6.07 Å². The van der Waals surface area contributed by atoms with Crippen LogP contribution >= 0.6 is 0 Å². The first-order valence-corrected chi connectivity index (χ1v) is 3.08. The topological polar surface area (TPSA) is 65.6 Å². The van der Waals surface area contributed by atoms with Crippen LogP contribution < -0.4 is 5.73 Å². The van der Waals surface area contributed by atoms with Crippen molar-refractivity contribution in [1.82, 2.24) is 4.98 Å². The zero-order chi connectivity index (χ0) is 7.56. The Bertz CT molecular complexity index is 254. The maximum atomic E-state index is 8.41. The Hall–Kier alpha value is -1.27. The molecule has 0 spiro atoms. The summed E-state index contributed by atoms with van der Waals surface area (Å²) in [5.41, 5.74) is 7.00. The van der Waals surface area contributed by atoms with Crippen molar-refractivity contribution in [3.05, 3.63) is 23.5 Å². The van der Waals surface area contributed by atoms with Crippen LogP contribution in [0.1, 0.15) is 24.4 Å². The monoisotopic (exact) mass is 135 g/mol. The van der Waals surface area contributed by atoms with Gasteiger partial charge in [0, 0.05) is 11.7 Å². The fourth-order valence-electron chi connectivity index (χ4n) is 0.743. The first-order valence-electron chi connectivity index (χ1n) is 3.08. The Morgan fingerprint density at radius 2 is 2.40 bits per heavy atom. The molecule has 3 nitrogen and oxygen atoms in total. The fourth-order valence-corrected chi connectivity index (χ4v) is 0.743. The summed E-state index contributed by atoms with van der Waals surface area (Å²) in [6.07, 6.45) is 0. The van der Waals surface area contributed by atoms with Gasteiger partial charge in [-0.3, -0.25) is 0 Å². The summed E-state index contributed by atoms with van der Waals surface area (Å²) < 4.78 is 0. The molecule has 10 heavy (non-hydrogen) atoms. The Kier molecular flexibility index (Phi) is 1.74. The molecule has 0 aliphatic rings. The second-order valence-electron chi connectivity index (χ2n) is 2.23. The number of hydrogen-bond donors (Lipinski definition) is 2. The van der Waals surface area contributed by atoms with Crippen LogP contribution in [0.15, 0.2) is 12.1 Å². The van der Waals surface area contributed by atoms with Gasteiger partial charge in [0.1, 0.15) is 11.8 Å². The molecule has 1 rings (SSSR count). The number of H-pyrrole nitrogens is 1. The summed E-state index contributed by atoms with van der Waals surface area (Å²) in [5.74, 6) is 0. The summed E-state index contributed by atoms with van der Waals surface area (Å²) in [5, 5.41) is 8.41. The summed E-state index contributed by atoms with van der Waals surface area (Å²) in [6, 6.07) is 5.51. The molecule has 0 saturated heterocycles. The highest BCUT2D eigenvalue weighted by molar-refractivity contribution is 5.25. The molecule has 0 aliphatic carbocycles. The number of nitrogens with two attached hydrogens (primary N) is 1.